The molecular weight excluding hydrogens is 228 g/mol. The first-order chi connectivity index (χ1) is 8.66. The first-order valence-corrected chi connectivity index (χ1v) is 6.55. The predicted octanol–water partition coefficient (Wildman–Crippen LogP) is 2.38. The van der Waals surface area contributed by atoms with Crippen molar-refractivity contribution in [2.45, 2.75) is 44.7 Å². The predicted molar refractivity (Wildman–Crippen MR) is 69.2 cm³/mol. The van der Waals surface area contributed by atoms with Gasteiger partial charge in [0.2, 0.25) is 0 Å². The molecule has 0 aliphatic heterocycles. The van der Waals surface area contributed by atoms with Gasteiger partial charge in [0, 0.05) is 24.5 Å². The Kier molecular flexibility index (Phi) is 4.31. The summed E-state index contributed by atoms with van der Waals surface area (Å²) < 4.78 is 0. The van der Waals surface area contributed by atoms with Crippen molar-refractivity contribution in [1.82, 2.24) is 10.3 Å². The number of hydrogen-bond donors (Lipinski definition) is 2. The highest BCUT2D eigenvalue weighted by atomic mass is 16.4. The van der Waals surface area contributed by atoms with Crippen LogP contribution in [0.25, 0.3) is 0 Å². The zero-order chi connectivity index (χ0) is 13.0. The molecule has 4 nitrogen and oxygen atoms in total. The summed E-state index contributed by atoms with van der Waals surface area (Å²) in [7, 11) is 0. The zero-order valence-electron chi connectivity index (χ0n) is 10.7. The molecule has 0 radical (unpaired) electrons. The molecule has 3 atom stereocenters. The molecule has 0 bridgehead atoms. The van der Waals surface area contributed by atoms with E-state index in [0.29, 0.717) is 6.04 Å². The van der Waals surface area contributed by atoms with E-state index in [4.69, 9.17) is 5.11 Å². The molecule has 2 rings (SSSR count). The van der Waals surface area contributed by atoms with Crippen LogP contribution in [-0.4, -0.2) is 22.1 Å². The highest BCUT2D eigenvalue weighted by Crippen LogP contribution is 2.26. The summed E-state index contributed by atoms with van der Waals surface area (Å²) >= 11 is 0. The Bertz CT molecular complexity index is 394. The van der Waals surface area contributed by atoms with Gasteiger partial charge >= 0.3 is 5.97 Å². The van der Waals surface area contributed by atoms with Crippen molar-refractivity contribution in [3.05, 3.63) is 30.1 Å². The zero-order valence-corrected chi connectivity index (χ0v) is 10.7. The number of aliphatic carboxylic acids is 1. The summed E-state index contributed by atoms with van der Waals surface area (Å²) in [5.74, 6) is -0.834. The van der Waals surface area contributed by atoms with Gasteiger partial charge in [0.05, 0.1) is 5.92 Å². The summed E-state index contributed by atoms with van der Waals surface area (Å²) in [5.41, 5.74) is 1.20. The minimum Gasteiger partial charge on any atom is -0.481 e. The number of aromatic nitrogens is 1. The SMILES string of the molecule is CC(NC1CCCC(C(=O)O)C1)c1ccncc1. The summed E-state index contributed by atoms with van der Waals surface area (Å²) in [4.78, 5) is 15.0. The largest absolute Gasteiger partial charge is 0.481 e. The number of carbonyl (C=O) groups is 1. The smallest absolute Gasteiger partial charge is 0.306 e. The fraction of sp³-hybridized carbons (Fsp3) is 0.571. The lowest BCUT2D eigenvalue weighted by atomic mass is 9.85. The minimum absolute atomic E-state index is 0.180. The standard InChI is InChI=1S/C14H20N2O2/c1-10(11-5-7-15-8-6-11)16-13-4-2-3-12(9-13)14(17)18/h5-8,10,12-13,16H,2-4,9H2,1H3,(H,17,18). The van der Waals surface area contributed by atoms with E-state index >= 15 is 0 Å². The summed E-state index contributed by atoms with van der Waals surface area (Å²) in [5, 5.41) is 12.6. The van der Waals surface area contributed by atoms with Gasteiger partial charge in [-0.2, -0.15) is 0 Å². The van der Waals surface area contributed by atoms with Crippen molar-refractivity contribution in [2.75, 3.05) is 0 Å². The van der Waals surface area contributed by atoms with Crippen molar-refractivity contribution >= 4 is 5.97 Å². The molecule has 1 saturated carbocycles. The van der Waals surface area contributed by atoms with E-state index in [9.17, 15) is 4.79 Å². The lowest BCUT2D eigenvalue weighted by molar-refractivity contribution is -0.143. The third-order valence-electron chi connectivity index (χ3n) is 3.72. The van der Waals surface area contributed by atoms with E-state index in [1.54, 1.807) is 12.4 Å². The fourth-order valence-corrected chi connectivity index (χ4v) is 2.67. The van der Waals surface area contributed by atoms with Crippen LogP contribution in [0.4, 0.5) is 0 Å². The number of pyridine rings is 1. The second-order valence-corrected chi connectivity index (χ2v) is 5.07. The van der Waals surface area contributed by atoms with Gasteiger partial charge in [-0.3, -0.25) is 9.78 Å². The topological polar surface area (TPSA) is 62.2 Å². The van der Waals surface area contributed by atoms with E-state index in [2.05, 4.69) is 17.2 Å². The first kappa shape index (κ1) is 13.0. The van der Waals surface area contributed by atoms with Crippen LogP contribution in [-0.2, 0) is 4.79 Å². The molecule has 0 saturated heterocycles. The van der Waals surface area contributed by atoms with Crippen LogP contribution in [0.5, 0.6) is 0 Å². The molecule has 1 aromatic rings. The number of carboxylic acids is 1. The van der Waals surface area contributed by atoms with E-state index in [1.165, 1.54) is 5.56 Å². The van der Waals surface area contributed by atoms with Crippen molar-refractivity contribution < 1.29 is 9.90 Å². The van der Waals surface area contributed by atoms with Crippen LogP contribution < -0.4 is 5.32 Å². The molecule has 1 heterocycles. The number of rotatable bonds is 4. The van der Waals surface area contributed by atoms with Gasteiger partial charge in [-0.1, -0.05) is 6.42 Å². The Morgan fingerprint density at radius 1 is 1.44 bits per heavy atom. The molecule has 2 N–H and O–H groups in total. The Labute approximate surface area is 107 Å². The lowest BCUT2D eigenvalue weighted by Gasteiger charge is -2.30. The molecule has 0 aromatic carbocycles. The number of nitrogens with one attached hydrogen (secondary N) is 1. The van der Waals surface area contributed by atoms with Crippen molar-refractivity contribution in [3.63, 3.8) is 0 Å². The molecule has 1 fully saturated rings. The van der Waals surface area contributed by atoms with Gasteiger partial charge in [-0.25, -0.2) is 0 Å². The Morgan fingerprint density at radius 3 is 2.83 bits per heavy atom. The van der Waals surface area contributed by atoms with Crippen molar-refractivity contribution in [2.24, 2.45) is 5.92 Å². The van der Waals surface area contributed by atoms with Crippen molar-refractivity contribution in [1.29, 1.82) is 0 Å². The Hall–Kier alpha value is -1.42. The van der Waals surface area contributed by atoms with Gasteiger partial charge in [0.15, 0.2) is 0 Å². The fourth-order valence-electron chi connectivity index (χ4n) is 2.67. The molecule has 18 heavy (non-hydrogen) atoms. The van der Waals surface area contributed by atoms with Gasteiger partial charge in [-0.15, -0.1) is 0 Å². The first-order valence-electron chi connectivity index (χ1n) is 6.55. The molecule has 3 unspecified atom stereocenters. The second-order valence-electron chi connectivity index (χ2n) is 5.07. The van der Waals surface area contributed by atoms with Crippen LogP contribution >= 0.6 is 0 Å². The molecule has 98 valence electrons. The molecule has 1 aromatic heterocycles. The number of nitrogens with zero attached hydrogens (tertiary/aromatic N) is 1. The molecule has 0 amide bonds. The van der Waals surface area contributed by atoms with Crippen LogP contribution in [0.1, 0.15) is 44.2 Å². The number of carboxylic acid groups (broad SMARTS) is 1. The Morgan fingerprint density at radius 2 is 2.17 bits per heavy atom. The quantitative estimate of drug-likeness (QED) is 0.858. The summed E-state index contributed by atoms with van der Waals surface area (Å²) in [6, 6.07) is 4.54. The minimum atomic E-state index is -0.655. The van der Waals surface area contributed by atoms with Crippen LogP contribution in [0, 0.1) is 5.92 Å². The summed E-state index contributed by atoms with van der Waals surface area (Å²) in [6.45, 7) is 2.11. The van der Waals surface area contributed by atoms with Gasteiger partial charge in [-0.05, 0) is 43.9 Å². The van der Waals surface area contributed by atoms with Gasteiger partial charge < -0.3 is 10.4 Å². The molecule has 0 spiro atoms. The lowest BCUT2D eigenvalue weighted by Crippen LogP contribution is -2.37. The maximum absolute atomic E-state index is 11.0. The molecular formula is C14H20N2O2. The van der Waals surface area contributed by atoms with Crippen LogP contribution in [0.3, 0.4) is 0 Å². The molecule has 1 aliphatic rings. The van der Waals surface area contributed by atoms with E-state index < -0.39 is 5.97 Å². The van der Waals surface area contributed by atoms with Crippen LogP contribution in [0.15, 0.2) is 24.5 Å². The van der Waals surface area contributed by atoms with E-state index in [0.717, 1.165) is 25.7 Å². The second kappa shape index (κ2) is 5.96. The van der Waals surface area contributed by atoms with Gasteiger partial charge in [0.1, 0.15) is 0 Å². The average molecular weight is 248 g/mol. The molecule has 4 heteroatoms. The highest BCUT2D eigenvalue weighted by Gasteiger charge is 2.27. The van der Waals surface area contributed by atoms with E-state index in [-0.39, 0.29) is 12.0 Å². The maximum atomic E-state index is 11.0. The van der Waals surface area contributed by atoms with Crippen LogP contribution in [0.2, 0.25) is 0 Å². The summed E-state index contributed by atoms with van der Waals surface area (Å²) in [6.07, 6.45) is 7.20. The third kappa shape index (κ3) is 3.29. The van der Waals surface area contributed by atoms with E-state index in [1.807, 2.05) is 12.1 Å². The Balaban J connectivity index is 1.91. The monoisotopic (exact) mass is 248 g/mol. The number of hydrogen-bond acceptors (Lipinski definition) is 3. The molecule has 1 aliphatic carbocycles. The van der Waals surface area contributed by atoms with Crippen molar-refractivity contribution in [3.8, 4) is 0 Å². The normalized spacial score (nSPS) is 25.6. The van der Waals surface area contributed by atoms with Gasteiger partial charge in [0.25, 0.3) is 0 Å². The maximum Gasteiger partial charge on any atom is 0.306 e. The highest BCUT2D eigenvalue weighted by molar-refractivity contribution is 5.70. The third-order valence-corrected chi connectivity index (χ3v) is 3.72. The average Bonchev–Trinajstić information content (AvgIpc) is 2.40.